The number of benzene rings is 3. The van der Waals surface area contributed by atoms with Crippen LogP contribution in [0.4, 0.5) is 11.5 Å². The number of ether oxygens (including phenoxy) is 1. The van der Waals surface area contributed by atoms with Gasteiger partial charge in [-0.2, -0.15) is 5.10 Å². The summed E-state index contributed by atoms with van der Waals surface area (Å²) < 4.78 is 7.40. The van der Waals surface area contributed by atoms with Gasteiger partial charge in [-0.15, -0.1) is 0 Å². The minimum absolute atomic E-state index is 0.762. The second-order valence-electron chi connectivity index (χ2n) is 5.44. The summed E-state index contributed by atoms with van der Waals surface area (Å²) in [5.41, 5.74) is 2.84. The van der Waals surface area contributed by atoms with Crippen LogP contribution >= 0.6 is 0 Å². The third-order valence-corrected chi connectivity index (χ3v) is 3.92. The molecule has 0 spiro atoms. The van der Waals surface area contributed by atoms with Crippen molar-refractivity contribution in [3.8, 4) is 11.4 Å². The maximum Gasteiger partial charge on any atom is 0.147 e. The number of hydrogen-bond acceptors (Lipinski definition) is 3. The van der Waals surface area contributed by atoms with Crippen molar-refractivity contribution in [3.63, 3.8) is 0 Å². The molecule has 118 valence electrons. The molecule has 0 aliphatic carbocycles. The molecule has 4 nitrogen and oxygen atoms in total. The molecule has 0 aliphatic heterocycles. The van der Waals surface area contributed by atoms with Crippen molar-refractivity contribution < 1.29 is 4.74 Å². The van der Waals surface area contributed by atoms with E-state index in [0.29, 0.717) is 0 Å². The van der Waals surface area contributed by atoms with Crippen molar-refractivity contribution in [2.75, 3.05) is 12.4 Å². The minimum atomic E-state index is 0.762. The Morgan fingerprint density at radius 3 is 2.25 bits per heavy atom. The van der Waals surface area contributed by atoms with Crippen LogP contribution in [0.5, 0.6) is 5.75 Å². The highest BCUT2D eigenvalue weighted by molar-refractivity contribution is 5.96. The van der Waals surface area contributed by atoms with Gasteiger partial charge >= 0.3 is 0 Å². The number of methoxy groups -OCH3 is 1. The Labute approximate surface area is 140 Å². The van der Waals surface area contributed by atoms with Crippen molar-refractivity contribution in [1.82, 2.24) is 9.78 Å². The summed E-state index contributed by atoms with van der Waals surface area (Å²) in [4.78, 5) is 0. The third-order valence-electron chi connectivity index (χ3n) is 3.92. The summed E-state index contributed by atoms with van der Waals surface area (Å²) in [6.07, 6.45) is 0. The second kappa shape index (κ2) is 6.08. The lowest BCUT2D eigenvalue weighted by atomic mass is 10.2. The summed E-state index contributed by atoms with van der Waals surface area (Å²) in [6.45, 7) is 0. The van der Waals surface area contributed by atoms with E-state index in [2.05, 4.69) is 11.4 Å². The van der Waals surface area contributed by atoms with Crippen molar-refractivity contribution in [2.45, 2.75) is 0 Å². The number of fused-ring (bicyclic) bond motifs is 1. The molecule has 0 saturated carbocycles. The fourth-order valence-corrected chi connectivity index (χ4v) is 2.78. The molecule has 24 heavy (non-hydrogen) atoms. The Kier molecular flexibility index (Phi) is 3.63. The highest BCUT2D eigenvalue weighted by Gasteiger charge is 2.15. The summed E-state index contributed by atoms with van der Waals surface area (Å²) in [6, 6.07) is 26.1. The lowest BCUT2D eigenvalue weighted by molar-refractivity contribution is 0.418. The lowest BCUT2D eigenvalue weighted by Crippen LogP contribution is -2.02. The number of anilines is 2. The molecule has 0 radical (unpaired) electrons. The molecular weight excluding hydrogens is 298 g/mol. The maximum atomic E-state index is 5.48. The van der Waals surface area contributed by atoms with Crippen molar-refractivity contribution in [1.29, 1.82) is 0 Å². The molecular formula is C20H17N3O. The van der Waals surface area contributed by atoms with Gasteiger partial charge in [-0.05, 0) is 36.4 Å². The normalized spacial score (nSPS) is 10.7. The SMILES string of the molecule is COc1cccc2c(Nc3ccccc3)n(-c3ccccc3)nc12. The monoisotopic (exact) mass is 315 g/mol. The number of aromatic nitrogens is 2. The fraction of sp³-hybridized carbons (Fsp3) is 0.0500. The van der Waals surface area contributed by atoms with E-state index in [0.717, 1.165) is 33.8 Å². The van der Waals surface area contributed by atoms with Crippen LogP contribution in [0.15, 0.2) is 78.9 Å². The molecule has 4 heteroatoms. The van der Waals surface area contributed by atoms with Gasteiger partial charge in [-0.1, -0.05) is 42.5 Å². The van der Waals surface area contributed by atoms with E-state index >= 15 is 0 Å². The summed E-state index contributed by atoms with van der Waals surface area (Å²) in [5, 5.41) is 9.29. The molecule has 0 bridgehead atoms. The van der Waals surface area contributed by atoms with Crippen molar-refractivity contribution >= 4 is 22.4 Å². The van der Waals surface area contributed by atoms with Crippen LogP contribution in [0.1, 0.15) is 0 Å². The van der Waals surface area contributed by atoms with Gasteiger partial charge in [0.25, 0.3) is 0 Å². The Hall–Kier alpha value is -3.27. The summed E-state index contributed by atoms with van der Waals surface area (Å²) in [5.74, 6) is 1.68. The molecule has 0 saturated heterocycles. The van der Waals surface area contributed by atoms with E-state index in [1.807, 2.05) is 77.5 Å². The van der Waals surface area contributed by atoms with Gasteiger partial charge in [-0.3, -0.25) is 0 Å². The van der Waals surface area contributed by atoms with Crippen LogP contribution in [-0.4, -0.2) is 16.9 Å². The van der Waals surface area contributed by atoms with E-state index in [4.69, 9.17) is 9.84 Å². The lowest BCUT2D eigenvalue weighted by Gasteiger charge is -2.10. The number of para-hydroxylation sites is 2. The van der Waals surface area contributed by atoms with Crippen LogP contribution in [0.2, 0.25) is 0 Å². The molecule has 0 amide bonds. The average molecular weight is 315 g/mol. The van der Waals surface area contributed by atoms with Gasteiger partial charge in [0.15, 0.2) is 0 Å². The van der Waals surface area contributed by atoms with Gasteiger partial charge in [0.05, 0.1) is 12.8 Å². The number of nitrogens with one attached hydrogen (secondary N) is 1. The fourth-order valence-electron chi connectivity index (χ4n) is 2.78. The molecule has 4 aromatic rings. The van der Waals surface area contributed by atoms with Crippen molar-refractivity contribution in [3.05, 3.63) is 78.9 Å². The van der Waals surface area contributed by atoms with Gasteiger partial charge in [0.2, 0.25) is 0 Å². The zero-order valence-corrected chi connectivity index (χ0v) is 13.3. The quantitative estimate of drug-likeness (QED) is 0.589. The highest BCUT2D eigenvalue weighted by atomic mass is 16.5. The van der Waals surface area contributed by atoms with E-state index in [9.17, 15) is 0 Å². The number of nitrogens with zero attached hydrogens (tertiary/aromatic N) is 2. The molecule has 1 heterocycles. The van der Waals surface area contributed by atoms with E-state index in [1.165, 1.54) is 0 Å². The minimum Gasteiger partial charge on any atom is -0.494 e. The number of hydrogen-bond donors (Lipinski definition) is 1. The Morgan fingerprint density at radius 1 is 0.833 bits per heavy atom. The van der Waals surface area contributed by atoms with Gasteiger partial charge in [0.1, 0.15) is 17.1 Å². The summed E-state index contributed by atoms with van der Waals surface area (Å²) >= 11 is 0. The summed E-state index contributed by atoms with van der Waals surface area (Å²) in [7, 11) is 1.67. The van der Waals surface area contributed by atoms with Crippen LogP contribution in [-0.2, 0) is 0 Å². The van der Waals surface area contributed by atoms with Gasteiger partial charge in [0, 0.05) is 11.1 Å². The van der Waals surface area contributed by atoms with E-state index in [1.54, 1.807) is 7.11 Å². The molecule has 1 N–H and O–H groups in total. The van der Waals surface area contributed by atoms with Crippen molar-refractivity contribution in [2.24, 2.45) is 0 Å². The molecule has 1 aromatic heterocycles. The first-order valence-electron chi connectivity index (χ1n) is 7.80. The average Bonchev–Trinajstić information content (AvgIpc) is 3.02. The zero-order chi connectivity index (χ0) is 16.4. The zero-order valence-electron chi connectivity index (χ0n) is 13.3. The Balaban J connectivity index is 1.94. The van der Waals surface area contributed by atoms with Crippen LogP contribution in [0.25, 0.3) is 16.6 Å². The first-order chi connectivity index (χ1) is 11.9. The van der Waals surface area contributed by atoms with Crippen LogP contribution in [0.3, 0.4) is 0 Å². The Bertz CT molecular complexity index is 962. The number of rotatable bonds is 4. The largest absolute Gasteiger partial charge is 0.494 e. The molecule has 0 atom stereocenters. The highest BCUT2D eigenvalue weighted by Crippen LogP contribution is 2.33. The second-order valence-corrected chi connectivity index (χ2v) is 5.44. The standard InChI is InChI=1S/C20H17N3O/c1-24-18-14-8-13-17-19(18)22-23(16-11-6-3-7-12-16)20(17)21-15-9-4-2-5-10-15/h2-14,21H,1H3. The molecule has 0 unspecified atom stereocenters. The van der Waals surface area contributed by atoms with Crippen LogP contribution < -0.4 is 10.1 Å². The maximum absolute atomic E-state index is 5.48. The molecule has 4 rings (SSSR count). The molecule has 0 fully saturated rings. The molecule has 0 aliphatic rings. The first kappa shape index (κ1) is 14.3. The predicted octanol–water partition coefficient (Wildman–Crippen LogP) is 4.78. The van der Waals surface area contributed by atoms with Crippen LogP contribution in [0, 0.1) is 0 Å². The topological polar surface area (TPSA) is 39.1 Å². The first-order valence-corrected chi connectivity index (χ1v) is 7.80. The van der Waals surface area contributed by atoms with Gasteiger partial charge < -0.3 is 10.1 Å². The Morgan fingerprint density at radius 2 is 1.54 bits per heavy atom. The van der Waals surface area contributed by atoms with E-state index < -0.39 is 0 Å². The predicted molar refractivity (Wildman–Crippen MR) is 97.3 cm³/mol. The molecule has 3 aromatic carbocycles. The van der Waals surface area contributed by atoms with Gasteiger partial charge in [-0.25, -0.2) is 4.68 Å². The van der Waals surface area contributed by atoms with E-state index in [-0.39, 0.29) is 0 Å². The third kappa shape index (κ3) is 2.48. The smallest absolute Gasteiger partial charge is 0.147 e.